The summed E-state index contributed by atoms with van der Waals surface area (Å²) in [5.74, 6) is -0.826. The molecule has 0 atom stereocenters. The van der Waals surface area contributed by atoms with E-state index in [1.807, 2.05) is 12.1 Å². The summed E-state index contributed by atoms with van der Waals surface area (Å²) in [5, 5.41) is 0. The molecule has 3 rings (SSSR count). The first kappa shape index (κ1) is 27.7. The molecule has 3 aromatic carbocycles. The van der Waals surface area contributed by atoms with Crippen LogP contribution in [0.3, 0.4) is 0 Å². The molecule has 0 aliphatic carbocycles. The van der Waals surface area contributed by atoms with Gasteiger partial charge in [0.25, 0.3) is 10.1 Å². The Morgan fingerprint density at radius 2 is 1.21 bits per heavy atom. The molecule has 0 amide bonds. The maximum atomic E-state index is 12.7. The molecule has 13 heteroatoms. The molecular weight excluding hydrogens is 1020 g/mol. The molecule has 7 nitrogen and oxygen atoms in total. The van der Waals surface area contributed by atoms with Gasteiger partial charge in [-0.1, -0.05) is 6.07 Å². The highest BCUT2D eigenvalue weighted by Crippen LogP contribution is 2.31. The van der Waals surface area contributed by atoms with E-state index in [1.54, 1.807) is 45.2 Å². The average molecular weight is 1030 g/mol. The Bertz CT molecular complexity index is 1340. The predicted molar refractivity (Wildman–Crippen MR) is 163 cm³/mol. The number of carbonyl (C=O) groups excluding carboxylic acids is 2. The van der Waals surface area contributed by atoms with Crippen molar-refractivity contribution in [3.05, 3.63) is 77.5 Å². The summed E-state index contributed by atoms with van der Waals surface area (Å²) in [6.07, 6.45) is 0. The van der Waals surface area contributed by atoms with Gasteiger partial charge in [0.2, 0.25) is 0 Å². The van der Waals surface area contributed by atoms with Gasteiger partial charge in [-0.05, 0) is 155 Å². The van der Waals surface area contributed by atoms with Gasteiger partial charge >= 0.3 is 11.9 Å². The van der Waals surface area contributed by atoms with E-state index in [2.05, 4.69) is 67.8 Å². The molecule has 1 N–H and O–H groups in total. The van der Waals surface area contributed by atoms with Gasteiger partial charge in [-0.3, -0.25) is 4.55 Å². The largest absolute Gasteiger partial charge is 0.423 e. The van der Waals surface area contributed by atoms with E-state index in [0.29, 0.717) is 5.75 Å². The van der Waals surface area contributed by atoms with Crippen molar-refractivity contribution in [2.75, 3.05) is 0 Å². The van der Waals surface area contributed by atoms with Gasteiger partial charge in [-0.25, -0.2) is 9.59 Å². The zero-order valence-electron chi connectivity index (χ0n) is 15.8. The number of hydrogen-bond acceptors (Lipinski definition) is 6. The van der Waals surface area contributed by atoms with Gasteiger partial charge in [-0.15, -0.1) is 0 Å². The van der Waals surface area contributed by atoms with Crippen molar-refractivity contribution in [3.63, 3.8) is 0 Å². The molecular formula is C20H9I5O7S. The number of halogens is 5. The Labute approximate surface area is 257 Å². The molecule has 0 aliphatic heterocycles. The highest BCUT2D eigenvalue weighted by atomic mass is 127. The first-order chi connectivity index (χ1) is 15.4. The second kappa shape index (κ2) is 11.5. The summed E-state index contributed by atoms with van der Waals surface area (Å²) in [6.45, 7) is 0. The lowest BCUT2D eigenvalue weighted by atomic mass is 10.1. The summed E-state index contributed by atoms with van der Waals surface area (Å²) < 4.78 is 46.3. The van der Waals surface area contributed by atoms with Crippen LogP contribution in [0.2, 0.25) is 0 Å². The summed E-state index contributed by atoms with van der Waals surface area (Å²) in [6, 6.07) is 12.3. The molecule has 33 heavy (non-hydrogen) atoms. The standard InChI is InChI=1S/C20H9I5O7S/c21-11-5-13(22)17(14(23)6-11)32-20(27)10-3-1-2-9(4-10)19(26)31-12-7-15(24)18(16(25)8-12)33(28,29)30/h1-8H,(H,28,29,30). The van der Waals surface area contributed by atoms with Crippen molar-refractivity contribution in [2.24, 2.45) is 0 Å². The predicted octanol–water partition coefficient (Wildman–Crippen LogP) is 6.39. The molecule has 0 aromatic heterocycles. The molecule has 0 unspecified atom stereocenters. The summed E-state index contributed by atoms with van der Waals surface area (Å²) in [5.41, 5.74) is 0.279. The minimum atomic E-state index is -4.42. The quantitative estimate of drug-likeness (QED) is 0.137. The van der Waals surface area contributed by atoms with Crippen LogP contribution < -0.4 is 9.47 Å². The number of benzene rings is 3. The maximum Gasteiger partial charge on any atom is 0.343 e. The third-order valence-corrected chi connectivity index (χ3v) is 9.55. The fourth-order valence-corrected chi connectivity index (χ4v) is 10.4. The Balaban J connectivity index is 1.82. The Kier molecular flexibility index (Phi) is 9.65. The molecule has 172 valence electrons. The lowest BCUT2D eigenvalue weighted by Gasteiger charge is -2.11. The minimum absolute atomic E-state index is 0.0946. The molecule has 0 spiro atoms. The monoisotopic (exact) mass is 1030 g/mol. The number of esters is 2. The highest BCUT2D eigenvalue weighted by Gasteiger charge is 2.21. The van der Waals surface area contributed by atoms with Gasteiger partial charge in [-0.2, -0.15) is 8.42 Å². The van der Waals surface area contributed by atoms with Crippen molar-refractivity contribution in [2.45, 2.75) is 4.90 Å². The topological polar surface area (TPSA) is 107 Å². The summed E-state index contributed by atoms with van der Waals surface area (Å²) >= 11 is 9.82. The number of rotatable bonds is 5. The van der Waals surface area contributed by atoms with Gasteiger partial charge in [0.1, 0.15) is 10.6 Å². The van der Waals surface area contributed by atoms with Crippen LogP contribution >= 0.6 is 113 Å². The van der Waals surface area contributed by atoms with E-state index >= 15 is 0 Å². The van der Waals surface area contributed by atoms with Gasteiger partial charge < -0.3 is 9.47 Å². The van der Waals surface area contributed by atoms with E-state index in [-0.39, 0.29) is 28.9 Å². The molecule has 0 fully saturated rings. The molecule has 0 heterocycles. The van der Waals surface area contributed by atoms with Crippen LogP contribution in [0.5, 0.6) is 11.5 Å². The first-order valence-corrected chi connectivity index (χ1v) is 15.4. The second-order valence-electron chi connectivity index (χ2n) is 6.25. The van der Waals surface area contributed by atoms with Crippen LogP contribution in [0.25, 0.3) is 0 Å². The molecule has 0 bridgehead atoms. The van der Waals surface area contributed by atoms with Crippen LogP contribution in [0.1, 0.15) is 20.7 Å². The Hall–Kier alpha value is 0.160. The fraction of sp³-hybridized carbons (Fsp3) is 0. The third-order valence-electron chi connectivity index (χ3n) is 3.93. The van der Waals surface area contributed by atoms with Crippen molar-refractivity contribution in [1.29, 1.82) is 0 Å². The zero-order chi connectivity index (χ0) is 24.5. The summed E-state index contributed by atoms with van der Waals surface area (Å²) in [4.78, 5) is 25.1. The van der Waals surface area contributed by atoms with Gasteiger partial charge in [0.15, 0.2) is 5.75 Å². The maximum absolute atomic E-state index is 12.7. The number of ether oxygens (including phenoxy) is 2. The molecule has 0 saturated heterocycles. The van der Waals surface area contributed by atoms with Crippen molar-refractivity contribution >= 4 is 135 Å². The fourth-order valence-electron chi connectivity index (χ4n) is 2.56. The van der Waals surface area contributed by atoms with Crippen LogP contribution in [0.15, 0.2) is 53.4 Å². The lowest BCUT2D eigenvalue weighted by Crippen LogP contribution is -2.14. The van der Waals surface area contributed by atoms with Crippen molar-refractivity contribution in [1.82, 2.24) is 0 Å². The highest BCUT2D eigenvalue weighted by molar-refractivity contribution is 14.1. The third kappa shape index (κ3) is 7.11. The molecule has 0 saturated carbocycles. The number of carbonyl (C=O) groups is 2. The smallest absolute Gasteiger partial charge is 0.343 e. The van der Waals surface area contributed by atoms with Crippen molar-refractivity contribution in [3.8, 4) is 11.5 Å². The summed E-state index contributed by atoms with van der Waals surface area (Å²) in [7, 11) is -4.42. The first-order valence-electron chi connectivity index (χ1n) is 8.52. The SMILES string of the molecule is O=C(Oc1cc(I)c(S(=O)(=O)O)c(I)c1)c1cccc(C(=O)Oc2c(I)cc(I)cc2I)c1. The van der Waals surface area contributed by atoms with Crippen LogP contribution in [-0.2, 0) is 10.1 Å². The van der Waals surface area contributed by atoms with E-state index in [1.165, 1.54) is 36.4 Å². The minimum Gasteiger partial charge on any atom is -0.423 e. The van der Waals surface area contributed by atoms with Crippen molar-refractivity contribution < 1.29 is 32.0 Å². The van der Waals surface area contributed by atoms with Crippen LogP contribution in [0.4, 0.5) is 0 Å². The molecule has 3 aromatic rings. The van der Waals surface area contributed by atoms with E-state index in [0.717, 1.165) is 10.7 Å². The van der Waals surface area contributed by atoms with Gasteiger partial charge in [0.05, 0.1) is 18.3 Å². The average Bonchev–Trinajstić information content (AvgIpc) is 2.69. The Morgan fingerprint density at radius 1 is 0.727 bits per heavy atom. The van der Waals surface area contributed by atoms with Gasteiger partial charge in [0, 0.05) is 10.7 Å². The lowest BCUT2D eigenvalue weighted by molar-refractivity contribution is 0.0732. The number of hydrogen-bond donors (Lipinski definition) is 1. The van der Waals surface area contributed by atoms with E-state index in [4.69, 9.17) is 9.47 Å². The normalized spacial score (nSPS) is 11.2. The van der Waals surface area contributed by atoms with E-state index in [9.17, 15) is 22.6 Å². The zero-order valence-corrected chi connectivity index (χ0v) is 27.4. The van der Waals surface area contributed by atoms with E-state index < -0.39 is 22.1 Å². The molecule has 0 radical (unpaired) electrons. The van der Waals surface area contributed by atoms with Crippen LogP contribution in [-0.4, -0.2) is 24.9 Å². The van der Waals surface area contributed by atoms with Crippen LogP contribution in [0, 0.1) is 17.9 Å². The second-order valence-corrected chi connectivity index (χ2v) is 13.5. The molecule has 0 aliphatic rings. The Morgan fingerprint density at radius 3 is 1.70 bits per heavy atom.